The van der Waals surface area contributed by atoms with E-state index in [4.69, 9.17) is 23.7 Å². The van der Waals surface area contributed by atoms with Gasteiger partial charge in [-0.05, 0) is 30.8 Å². The number of fused-ring (bicyclic) bond motifs is 4. The first kappa shape index (κ1) is 27.8. The predicted molar refractivity (Wildman–Crippen MR) is 137 cm³/mol. The lowest BCUT2D eigenvalue weighted by Crippen LogP contribution is -2.79. The summed E-state index contributed by atoms with van der Waals surface area (Å²) in [6, 6.07) is 0. The molecule has 0 aromatic carbocycles. The van der Waals surface area contributed by atoms with E-state index < -0.39 is 81.7 Å². The molecule has 4 aliphatic carbocycles. The maximum atomic E-state index is 15.0. The van der Waals surface area contributed by atoms with Gasteiger partial charge in [-0.2, -0.15) is 0 Å². The summed E-state index contributed by atoms with van der Waals surface area (Å²) in [4.78, 5) is 39.6. The Bertz CT molecular complexity index is 1230. The molecule has 0 aromatic rings. The second-order valence-corrected chi connectivity index (χ2v) is 14.0. The minimum absolute atomic E-state index is 0.0214. The van der Waals surface area contributed by atoms with E-state index in [0.717, 1.165) is 0 Å². The van der Waals surface area contributed by atoms with E-state index in [-0.39, 0.29) is 43.2 Å². The van der Waals surface area contributed by atoms with Crippen molar-refractivity contribution in [1.29, 1.82) is 0 Å². The van der Waals surface area contributed by atoms with Crippen molar-refractivity contribution in [2.24, 2.45) is 45.8 Å². The molecule has 2 spiro atoms. The molecule has 15 atom stereocenters. The SMILES string of the molecule is CC(=O)OC1CC(O)C23COC1(O)C(C)C2CC(O)C1(C)C3C(=O)C(OC(C)=O)C2(C)C(C3C=COC3)CC3OC321. The van der Waals surface area contributed by atoms with Crippen molar-refractivity contribution in [2.75, 3.05) is 13.2 Å². The van der Waals surface area contributed by atoms with Crippen molar-refractivity contribution in [3.63, 3.8) is 0 Å². The van der Waals surface area contributed by atoms with E-state index in [9.17, 15) is 24.9 Å². The Morgan fingerprint density at radius 1 is 1.00 bits per heavy atom. The molecule has 41 heavy (non-hydrogen) atoms. The number of esters is 2. The van der Waals surface area contributed by atoms with E-state index >= 15 is 4.79 Å². The van der Waals surface area contributed by atoms with Crippen molar-refractivity contribution in [1.82, 2.24) is 0 Å². The van der Waals surface area contributed by atoms with Crippen LogP contribution >= 0.6 is 0 Å². The molecule has 0 aromatic heterocycles. The Balaban J connectivity index is 1.42. The molecule has 0 amide bonds. The van der Waals surface area contributed by atoms with Crippen LogP contribution in [0.5, 0.6) is 0 Å². The molecule has 8 aliphatic rings. The standard InChI is InChI=1S/C30H40O11/c1-13-17-8-19(33)27(5)24(28(17)12-38-29(13,36)21(10-20(28)34)39-14(2)31)23(35)25(40-15(3)32)26(4)18(16-6-7-37-11-16)9-22-30(26,27)41-22/h6-7,13,16-22,24-25,33-34,36H,8-12H2,1-5H3. The lowest BCUT2D eigenvalue weighted by molar-refractivity contribution is -0.353. The van der Waals surface area contributed by atoms with Crippen molar-refractivity contribution in [3.8, 4) is 0 Å². The van der Waals surface area contributed by atoms with Gasteiger partial charge in [-0.25, -0.2) is 0 Å². The number of aliphatic hydroxyl groups excluding tert-OH is 2. The highest BCUT2D eigenvalue weighted by atomic mass is 16.7. The van der Waals surface area contributed by atoms with Gasteiger partial charge in [0.2, 0.25) is 5.79 Å². The molecule has 15 unspecified atom stereocenters. The fourth-order valence-electron chi connectivity index (χ4n) is 11.2. The largest absolute Gasteiger partial charge is 0.501 e. The molecule has 2 bridgehead atoms. The van der Waals surface area contributed by atoms with E-state index in [1.807, 2.05) is 19.9 Å². The molecule has 4 aliphatic heterocycles. The smallest absolute Gasteiger partial charge is 0.303 e. The maximum Gasteiger partial charge on any atom is 0.303 e. The van der Waals surface area contributed by atoms with Gasteiger partial charge in [0, 0.05) is 54.3 Å². The number of carbonyl (C=O) groups is 3. The highest BCUT2D eigenvalue weighted by Gasteiger charge is 2.92. The van der Waals surface area contributed by atoms with Gasteiger partial charge in [0.1, 0.15) is 5.60 Å². The van der Waals surface area contributed by atoms with Gasteiger partial charge in [-0.3, -0.25) is 14.4 Å². The summed E-state index contributed by atoms with van der Waals surface area (Å²) >= 11 is 0. The van der Waals surface area contributed by atoms with Crippen LogP contribution in [-0.4, -0.2) is 88.2 Å². The molecule has 4 saturated carbocycles. The summed E-state index contributed by atoms with van der Waals surface area (Å²) in [6.07, 6.45) is -0.634. The Morgan fingerprint density at radius 2 is 1.71 bits per heavy atom. The normalized spacial score (nSPS) is 57.9. The second kappa shape index (κ2) is 8.31. The third kappa shape index (κ3) is 2.95. The molecule has 3 N–H and O–H groups in total. The van der Waals surface area contributed by atoms with E-state index in [0.29, 0.717) is 13.0 Å². The van der Waals surface area contributed by atoms with Crippen molar-refractivity contribution in [2.45, 2.75) is 95.8 Å². The van der Waals surface area contributed by atoms with Crippen LogP contribution in [0.15, 0.2) is 12.3 Å². The van der Waals surface area contributed by atoms with Crippen molar-refractivity contribution >= 4 is 17.7 Å². The van der Waals surface area contributed by atoms with Crippen molar-refractivity contribution < 1.29 is 53.4 Å². The number of hydrogen-bond acceptors (Lipinski definition) is 11. The number of aliphatic hydroxyl groups is 3. The van der Waals surface area contributed by atoms with Gasteiger partial charge in [0.25, 0.3) is 0 Å². The van der Waals surface area contributed by atoms with Crippen LogP contribution in [0.4, 0.5) is 0 Å². The number of hydrogen-bond donors (Lipinski definition) is 3. The average Bonchev–Trinajstić information content (AvgIpc) is 3.31. The van der Waals surface area contributed by atoms with Crippen LogP contribution in [-0.2, 0) is 38.1 Å². The highest BCUT2D eigenvalue weighted by molar-refractivity contribution is 5.92. The predicted octanol–water partition coefficient (Wildman–Crippen LogP) is 0.866. The molecular formula is C30H40O11. The lowest BCUT2D eigenvalue weighted by Gasteiger charge is -2.69. The fraction of sp³-hybridized carbons (Fsp3) is 0.833. The Labute approximate surface area is 238 Å². The monoisotopic (exact) mass is 576 g/mol. The first-order chi connectivity index (χ1) is 19.2. The highest BCUT2D eigenvalue weighted by Crippen LogP contribution is 2.81. The number of ketones is 1. The van der Waals surface area contributed by atoms with Crippen LogP contribution in [0.1, 0.15) is 53.9 Å². The zero-order valence-corrected chi connectivity index (χ0v) is 24.1. The third-order valence-corrected chi connectivity index (χ3v) is 12.8. The first-order valence-corrected chi connectivity index (χ1v) is 14.8. The Hall–Kier alpha value is -2.05. The molecule has 3 saturated heterocycles. The van der Waals surface area contributed by atoms with Gasteiger partial charge in [0.15, 0.2) is 18.0 Å². The summed E-state index contributed by atoms with van der Waals surface area (Å²) in [5.41, 5.74) is -4.42. The summed E-state index contributed by atoms with van der Waals surface area (Å²) in [6.45, 7) is 8.32. The summed E-state index contributed by atoms with van der Waals surface area (Å²) in [5, 5.41) is 35.9. The molecule has 4 heterocycles. The van der Waals surface area contributed by atoms with Crippen LogP contribution in [0.25, 0.3) is 0 Å². The van der Waals surface area contributed by atoms with Gasteiger partial charge in [0.05, 0.1) is 37.8 Å². The fourth-order valence-corrected chi connectivity index (χ4v) is 11.2. The van der Waals surface area contributed by atoms with E-state index in [1.165, 1.54) is 13.8 Å². The van der Waals surface area contributed by atoms with Crippen LogP contribution in [0.3, 0.4) is 0 Å². The number of rotatable bonds is 3. The van der Waals surface area contributed by atoms with Gasteiger partial charge in [-0.15, -0.1) is 0 Å². The molecule has 0 radical (unpaired) electrons. The van der Waals surface area contributed by atoms with Gasteiger partial charge in [-0.1, -0.05) is 20.8 Å². The van der Waals surface area contributed by atoms with E-state index in [2.05, 4.69) is 0 Å². The van der Waals surface area contributed by atoms with Crippen molar-refractivity contribution in [3.05, 3.63) is 12.3 Å². The zero-order chi connectivity index (χ0) is 29.5. The maximum absolute atomic E-state index is 15.0. The van der Waals surface area contributed by atoms with Crippen LogP contribution in [0.2, 0.25) is 0 Å². The zero-order valence-electron chi connectivity index (χ0n) is 24.1. The van der Waals surface area contributed by atoms with Crippen LogP contribution in [0, 0.1) is 45.8 Å². The lowest BCUT2D eigenvalue weighted by atomic mass is 9.36. The number of Topliss-reactive ketones (excluding diaryl/α,β-unsaturated/α-hetero) is 1. The quantitative estimate of drug-likeness (QED) is 0.323. The topological polar surface area (TPSA) is 161 Å². The number of carbonyl (C=O) groups excluding carboxylic acids is 3. The minimum atomic E-state index is -1.91. The molecule has 7 fully saturated rings. The second-order valence-electron chi connectivity index (χ2n) is 14.0. The van der Waals surface area contributed by atoms with E-state index in [1.54, 1.807) is 13.2 Å². The summed E-state index contributed by atoms with van der Waals surface area (Å²) in [7, 11) is 0. The first-order valence-electron chi connectivity index (χ1n) is 14.8. The molecule has 11 nitrogen and oxygen atoms in total. The Kier molecular flexibility index (Phi) is 5.63. The Morgan fingerprint density at radius 3 is 2.34 bits per heavy atom. The molecule has 8 rings (SSSR count). The van der Waals surface area contributed by atoms with Gasteiger partial charge >= 0.3 is 11.9 Å². The van der Waals surface area contributed by atoms with Crippen LogP contribution < -0.4 is 0 Å². The number of epoxide rings is 1. The summed E-state index contributed by atoms with van der Waals surface area (Å²) in [5.74, 6) is -5.95. The molecular weight excluding hydrogens is 536 g/mol. The minimum Gasteiger partial charge on any atom is -0.501 e. The molecule has 11 heteroatoms. The third-order valence-electron chi connectivity index (χ3n) is 12.8. The average molecular weight is 577 g/mol. The molecule has 226 valence electrons. The number of ether oxygens (including phenoxy) is 5. The summed E-state index contributed by atoms with van der Waals surface area (Å²) < 4.78 is 29.7. The van der Waals surface area contributed by atoms with Gasteiger partial charge < -0.3 is 39.0 Å².